The van der Waals surface area contributed by atoms with Gasteiger partial charge in [-0.05, 0) is 19.4 Å². The molecule has 116 valence electrons. The average Bonchev–Trinajstić information content (AvgIpc) is 3.22. The van der Waals surface area contributed by atoms with Crippen LogP contribution in [0.5, 0.6) is 0 Å². The van der Waals surface area contributed by atoms with Gasteiger partial charge in [0.15, 0.2) is 0 Å². The number of likely N-dealkylation sites (tertiary alicyclic amines) is 1. The number of rotatable bonds is 5. The first-order chi connectivity index (χ1) is 10.8. The maximum absolute atomic E-state index is 11.7. The molecule has 0 spiro atoms. The fourth-order valence-corrected chi connectivity index (χ4v) is 2.80. The Morgan fingerprint density at radius 1 is 1.41 bits per heavy atom. The first-order valence-electron chi connectivity index (χ1n) is 7.48. The van der Waals surface area contributed by atoms with Crippen molar-refractivity contribution in [1.29, 1.82) is 0 Å². The summed E-state index contributed by atoms with van der Waals surface area (Å²) >= 11 is 0. The molecule has 0 radical (unpaired) electrons. The molecule has 0 bridgehead atoms. The topological polar surface area (TPSA) is 68.5 Å². The number of hydrogen-bond acceptors (Lipinski definition) is 6. The Labute approximate surface area is 129 Å². The summed E-state index contributed by atoms with van der Waals surface area (Å²) in [5.41, 5.74) is 0.936. The molecule has 6 nitrogen and oxygen atoms in total. The highest BCUT2D eigenvalue weighted by atomic mass is 16.5. The molecule has 0 amide bonds. The van der Waals surface area contributed by atoms with Gasteiger partial charge in [-0.15, -0.1) is 0 Å². The Morgan fingerprint density at radius 3 is 3.00 bits per heavy atom. The highest BCUT2D eigenvalue weighted by Crippen LogP contribution is 2.19. The summed E-state index contributed by atoms with van der Waals surface area (Å²) in [7, 11) is 1.43. The molecule has 2 aromatic rings. The van der Waals surface area contributed by atoms with Gasteiger partial charge in [0.25, 0.3) is 0 Å². The van der Waals surface area contributed by atoms with Crippen LogP contribution in [0.1, 0.15) is 18.7 Å². The van der Waals surface area contributed by atoms with E-state index in [1.54, 1.807) is 0 Å². The molecule has 0 saturated carbocycles. The van der Waals surface area contributed by atoms with Crippen molar-refractivity contribution in [2.75, 3.05) is 20.2 Å². The van der Waals surface area contributed by atoms with E-state index in [1.165, 1.54) is 7.11 Å². The molecule has 3 rings (SSSR count). The van der Waals surface area contributed by atoms with Crippen molar-refractivity contribution in [2.45, 2.75) is 25.3 Å². The molecule has 1 unspecified atom stereocenters. The number of aromatic nitrogens is 2. The molecule has 1 aromatic heterocycles. The van der Waals surface area contributed by atoms with Gasteiger partial charge < -0.3 is 9.26 Å². The van der Waals surface area contributed by atoms with Crippen LogP contribution in [0.15, 0.2) is 34.9 Å². The third-order valence-electron chi connectivity index (χ3n) is 3.95. The smallest absolute Gasteiger partial charge is 0.323 e. The number of methoxy groups -OCH3 is 1. The molecule has 22 heavy (non-hydrogen) atoms. The molecule has 0 N–H and O–H groups in total. The van der Waals surface area contributed by atoms with Crippen molar-refractivity contribution in [3.05, 3.63) is 36.2 Å². The second kappa shape index (κ2) is 6.70. The van der Waals surface area contributed by atoms with Gasteiger partial charge in [0.2, 0.25) is 11.7 Å². The maximum Gasteiger partial charge on any atom is 0.323 e. The highest BCUT2D eigenvalue weighted by Gasteiger charge is 2.31. The lowest BCUT2D eigenvalue weighted by Crippen LogP contribution is -2.38. The number of carbonyl (C=O) groups is 1. The van der Waals surface area contributed by atoms with E-state index in [9.17, 15) is 4.79 Å². The average molecular weight is 301 g/mol. The number of esters is 1. The van der Waals surface area contributed by atoms with E-state index in [0.717, 1.165) is 31.5 Å². The molecule has 1 fully saturated rings. The van der Waals surface area contributed by atoms with Crippen LogP contribution in [0.25, 0.3) is 11.4 Å². The molecule has 1 aliphatic rings. The van der Waals surface area contributed by atoms with Crippen LogP contribution < -0.4 is 0 Å². The lowest BCUT2D eigenvalue weighted by Gasteiger charge is -2.21. The molecular weight excluding hydrogens is 282 g/mol. The zero-order valence-electron chi connectivity index (χ0n) is 12.6. The Morgan fingerprint density at radius 2 is 2.23 bits per heavy atom. The second-order valence-corrected chi connectivity index (χ2v) is 5.34. The number of ether oxygens (including phenoxy) is 1. The van der Waals surface area contributed by atoms with Crippen LogP contribution in [-0.4, -0.2) is 47.3 Å². The predicted octanol–water partition coefficient (Wildman–Crippen LogP) is 1.92. The Bertz CT molecular complexity index is 627. The van der Waals surface area contributed by atoms with Crippen LogP contribution >= 0.6 is 0 Å². The molecule has 1 aromatic carbocycles. The van der Waals surface area contributed by atoms with Gasteiger partial charge in [-0.1, -0.05) is 35.5 Å². The van der Waals surface area contributed by atoms with E-state index in [2.05, 4.69) is 15.0 Å². The second-order valence-electron chi connectivity index (χ2n) is 5.34. The summed E-state index contributed by atoms with van der Waals surface area (Å²) in [6.07, 6.45) is 2.50. The van der Waals surface area contributed by atoms with Gasteiger partial charge >= 0.3 is 5.97 Å². The number of benzene rings is 1. The van der Waals surface area contributed by atoms with Gasteiger partial charge in [-0.25, -0.2) is 0 Å². The van der Waals surface area contributed by atoms with Crippen molar-refractivity contribution in [3.63, 3.8) is 0 Å². The standard InChI is InChI=1S/C16H19N3O3/c1-21-16(20)13-8-5-10-19(13)11-9-14-17-15(18-22-14)12-6-3-2-4-7-12/h2-4,6-7,13H,5,8-11H2,1H3. The minimum atomic E-state index is -0.159. The van der Waals surface area contributed by atoms with E-state index in [0.29, 0.717) is 18.1 Å². The molecule has 1 aliphatic heterocycles. The van der Waals surface area contributed by atoms with E-state index in [-0.39, 0.29) is 12.0 Å². The zero-order valence-corrected chi connectivity index (χ0v) is 12.6. The van der Waals surface area contributed by atoms with Gasteiger partial charge in [0.05, 0.1) is 7.11 Å². The summed E-state index contributed by atoms with van der Waals surface area (Å²) in [5.74, 6) is 1.03. The molecular formula is C16H19N3O3. The van der Waals surface area contributed by atoms with E-state index < -0.39 is 0 Å². The number of nitrogens with zero attached hydrogens (tertiary/aromatic N) is 3. The Balaban J connectivity index is 1.60. The van der Waals surface area contributed by atoms with E-state index >= 15 is 0 Å². The lowest BCUT2D eigenvalue weighted by atomic mass is 10.2. The van der Waals surface area contributed by atoms with Crippen molar-refractivity contribution >= 4 is 5.97 Å². The van der Waals surface area contributed by atoms with Gasteiger partial charge in [-0.2, -0.15) is 4.98 Å². The zero-order chi connectivity index (χ0) is 15.4. The molecule has 2 heterocycles. The monoisotopic (exact) mass is 301 g/mol. The van der Waals surface area contributed by atoms with Crippen molar-refractivity contribution in [1.82, 2.24) is 15.0 Å². The van der Waals surface area contributed by atoms with Crippen molar-refractivity contribution < 1.29 is 14.1 Å². The molecule has 1 saturated heterocycles. The highest BCUT2D eigenvalue weighted by molar-refractivity contribution is 5.75. The van der Waals surface area contributed by atoms with Gasteiger partial charge in [0, 0.05) is 18.5 Å². The summed E-state index contributed by atoms with van der Waals surface area (Å²) in [6.45, 7) is 1.62. The quantitative estimate of drug-likeness (QED) is 0.786. The van der Waals surface area contributed by atoms with E-state index in [1.807, 2.05) is 30.3 Å². The fourth-order valence-electron chi connectivity index (χ4n) is 2.80. The maximum atomic E-state index is 11.7. The third-order valence-corrected chi connectivity index (χ3v) is 3.95. The summed E-state index contributed by atoms with van der Waals surface area (Å²) in [5, 5.41) is 4.01. The van der Waals surface area contributed by atoms with Crippen LogP contribution in [-0.2, 0) is 16.0 Å². The number of carbonyl (C=O) groups excluding carboxylic acids is 1. The fraction of sp³-hybridized carbons (Fsp3) is 0.438. The molecule has 0 aliphatic carbocycles. The first-order valence-corrected chi connectivity index (χ1v) is 7.48. The van der Waals surface area contributed by atoms with Crippen molar-refractivity contribution in [3.8, 4) is 11.4 Å². The minimum absolute atomic E-state index is 0.137. The summed E-state index contributed by atoms with van der Waals surface area (Å²) in [6, 6.07) is 9.59. The van der Waals surface area contributed by atoms with Crippen LogP contribution in [0.4, 0.5) is 0 Å². The van der Waals surface area contributed by atoms with Crippen LogP contribution in [0.2, 0.25) is 0 Å². The first kappa shape index (κ1) is 14.7. The predicted molar refractivity (Wildman–Crippen MR) is 80.0 cm³/mol. The summed E-state index contributed by atoms with van der Waals surface area (Å²) in [4.78, 5) is 18.2. The molecule has 6 heteroatoms. The van der Waals surface area contributed by atoms with E-state index in [4.69, 9.17) is 9.26 Å². The minimum Gasteiger partial charge on any atom is -0.468 e. The summed E-state index contributed by atoms with van der Waals surface area (Å²) < 4.78 is 10.1. The SMILES string of the molecule is COC(=O)C1CCCN1CCc1nc(-c2ccccc2)no1. The molecule has 1 atom stereocenters. The Kier molecular flexibility index (Phi) is 4.48. The third kappa shape index (κ3) is 3.17. The van der Waals surface area contributed by atoms with Crippen LogP contribution in [0, 0.1) is 0 Å². The normalized spacial score (nSPS) is 18.5. The number of hydrogen-bond donors (Lipinski definition) is 0. The largest absolute Gasteiger partial charge is 0.468 e. The van der Waals surface area contributed by atoms with Gasteiger partial charge in [-0.3, -0.25) is 9.69 Å². The van der Waals surface area contributed by atoms with Crippen molar-refractivity contribution in [2.24, 2.45) is 0 Å². The van der Waals surface area contributed by atoms with Crippen LogP contribution in [0.3, 0.4) is 0 Å². The Hall–Kier alpha value is -2.21. The lowest BCUT2D eigenvalue weighted by molar-refractivity contribution is -0.145. The van der Waals surface area contributed by atoms with Gasteiger partial charge in [0.1, 0.15) is 6.04 Å².